The molecule has 0 radical (unpaired) electrons. The molecule has 1 N–H and O–H groups in total. The van der Waals surface area contributed by atoms with E-state index in [0.717, 1.165) is 35.7 Å². The van der Waals surface area contributed by atoms with Gasteiger partial charge in [0.1, 0.15) is 11.9 Å². The second-order valence-electron chi connectivity index (χ2n) is 5.39. The van der Waals surface area contributed by atoms with Gasteiger partial charge in [-0.15, -0.1) is 0 Å². The number of carboxylic acid groups (broad SMARTS) is 1. The first-order valence-electron chi connectivity index (χ1n) is 6.78. The van der Waals surface area contributed by atoms with E-state index in [0.29, 0.717) is 12.0 Å². The average molecular weight is 278 g/mol. The number of hydrogen-bond donors (Lipinski definition) is 1. The molecule has 1 saturated carbocycles. The van der Waals surface area contributed by atoms with E-state index in [4.69, 9.17) is 9.84 Å². The molecule has 2 fully saturated rings. The van der Waals surface area contributed by atoms with Gasteiger partial charge in [-0.2, -0.15) is 11.8 Å². The Morgan fingerprint density at radius 1 is 1.42 bits per heavy atom. The first kappa shape index (κ1) is 12.9. The van der Waals surface area contributed by atoms with Crippen LogP contribution >= 0.6 is 11.8 Å². The molecule has 0 spiro atoms. The van der Waals surface area contributed by atoms with E-state index in [1.54, 1.807) is 0 Å². The Bertz CT molecular complexity index is 466. The van der Waals surface area contributed by atoms with Crippen LogP contribution < -0.4 is 4.74 Å². The monoisotopic (exact) mass is 278 g/mol. The summed E-state index contributed by atoms with van der Waals surface area (Å²) < 4.78 is 5.88. The molecule has 1 aliphatic carbocycles. The lowest BCUT2D eigenvalue weighted by Gasteiger charge is -2.26. The van der Waals surface area contributed by atoms with Crippen LogP contribution in [0.4, 0.5) is 0 Å². The highest BCUT2D eigenvalue weighted by Crippen LogP contribution is 2.45. The molecule has 1 aromatic rings. The number of benzene rings is 1. The van der Waals surface area contributed by atoms with Crippen molar-refractivity contribution in [3.8, 4) is 5.75 Å². The summed E-state index contributed by atoms with van der Waals surface area (Å²) in [6.45, 7) is 0. The summed E-state index contributed by atoms with van der Waals surface area (Å²) in [6.07, 6.45) is 2.87. The van der Waals surface area contributed by atoms with Gasteiger partial charge in [-0.1, -0.05) is 12.1 Å². The predicted molar refractivity (Wildman–Crippen MR) is 75.9 cm³/mol. The summed E-state index contributed by atoms with van der Waals surface area (Å²) in [7, 11) is 0. The van der Waals surface area contributed by atoms with Crippen molar-refractivity contribution >= 4 is 17.7 Å². The Labute approximate surface area is 117 Å². The lowest BCUT2D eigenvalue weighted by Crippen LogP contribution is -2.31. The lowest BCUT2D eigenvalue weighted by molar-refractivity contribution is -0.137. The van der Waals surface area contributed by atoms with Crippen molar-refractivity contribution in [3.05, 3.63) is 29.8 Å². The fourth-order valence-corrected chi connectivity index (χ4v) is 3.10. The summed E-state index contributed by atoms with van der Waals surface area (Å²) in [4.78, 5) is 11.0. The fourth-order valence-electron chi connectivity index (χ4n) is 2.54. The van der Waals surface area contributed by atoms with Crippen molar-refractivity contribution < 1.29 is 14.6 Å². The van der Waals surface area contributed by atoms with Gasteiger partial charge in [-0.3, -0.25) is 4.79 Å². The Hall–Kier alpha value is -1.16. The molecule has 2 aliphatic rings. The SMILES string of the molecule is O=C(O)CC(c1cccc(OC2CSC2)c1)C1CC1. The zero-order valence-electron chi connectivity index (χ0n) is 10.7. The van der Waals surface area contributed by atoms with Gasteiger partial charge in [-0.25, -0.2) is 0 Å². The minimum Gasteiger partial charge on any atom is -0.489 e. The van der Waals surface area contributed by atoms with Gasteiger partial charge >= 0.3 is 5.97 Å². The van der Waals surface area contributed by atoms with Crippen LogP contribution in [0.2, 0.25) is 0 Å². The number of carboxylic acids is 1. The summed E-state index contributed by atoms with van der Waals surface area (Å²) in [5, 5.41) is 9.05. The standard InChI is InChI=1S/C15H18O3S/c16-15(17)7-14(10-4-5-10)11-2-1-3-12(6-11)18-13-8-19-9-13/h1-3,6,10,13-14H,4-5,7-9H2,(H,16,17). The van der Waals surface area contributed by atoms with Crippen LogP contribution in [0.15, 0.2) is 24.3 Å². The summed E-state index contributed by atoms with van der Waals surface area (Å²) >= 11 is 1.90. The molecule has 1 aromatic carbocycles. The molecule has 1 aliphatic heterocycles. The lowest BCUT2D eigenvalue weighted by atomic mass is 9.91. The molecule has 1 atom stereocenters. The van der Waals surface area contributed by atoms with E-state index in [1.807, 2.05) is 36.0 Å². The van der Waals surface area contributed by atoms with Crippen molar-refractivity contribution in [3.63, 3.8) is 0 Å². The highest BCUT2D eigenvalue weighted by molar-refractivity contribution is 8.00. The van der Waals surface area contributed by atoms with E-state index in [2.05, 4.69) is 0 Å². The smallest absolute Gasteiger partial charge is 0.303 e. The van der Waals surface area contributed by atoms with Gasteiger partial charge in [0.2, 0.25) is 0 Å². The van der Waals surface area contributed by atoms with Gasteiger partial charge in [0.15, 0.2) is 0 Å². The molecule has 4 heteroatoms. The van der Waals surface area contributed by atoms with Gasteiger partial charge in [-0.05, 0) is 42.4 Å². The summed E-state index contributed by atoms with van der Waals surface area (Å²) in [6, 6.07) is 8.02. The third-order valence-corrected chi connectivity index (χ3v) is 5.00. The van der Waals surface area contributed by atoms with E-state index in [9.17, 15) is 4.79 Å². The highest BCUT2D eigenvalue weighted by Gasteiger charge is 2.34. The minimum absolute atomic E-state index is 0.150. The Morgan fingerprint density at radius 3 is 2.79 bits per heavy atom. The molecule has 1 saturated heterocycles. The maximum absolute atomic E-state index is 11.0. The molecule has 19 heavy (non-hydrogen) atoms. The predicted octanol–water partition coefficient (Wildman–Crippen LogP) is 3.15. The Kier molecular flexibility index (Phi) is 3.69. The van der Waals surface area contributed by atoms with E-state index >= 15 is 0 Å². The van der Waals surface area contributed by atoms with Crippen LogP contribution in [0.5, 0.6) is 5.75 Å². The maximum atomic E-state index is 11.0. The largest absolute Gasteiger partial charge is 0.489 e. The average Bonchev–Trinajstić information content (AvgIpc) is 3.15. The molecular formula is C15H18O3S. The van der Waals surface area contributed by atoms with Crippen LogP contribution in [0.25, 0.3) is 0 Å². The first-order valence-corrected chi connectivity index (χ1v) is 7.94. The van der Waals surface area contributed by atoms with E-state index in [1.165, 1.54) is 0 Å². The van der Waals surface area contributed by atoms with Crippen molar-refractivity contribution in [1.82, 2.24) is 0 Å². The van der Waals surface area contributed by atoms with Gasteiger partial charge in [0.05, 0.1) is 6.42 Å². The number of rotatable bonds is 6. The molecule has 102 valence electrons. The summed E-state index contributed by atoms with van der Waals surface area (Å²) in [5.74, 6) is 3.00. The third kappa shape index (κ3) is 3.24. The maximum Gasteiger partial charge on any atom is 0.303 e. The number of ether oxygens (including phenoxy) is 1. The van der Waals surface area contributed by atoms with Crippen LogP contribution in [0, 0.1) is 5.92 Å². The molecular weight excluding hydrogens is 260 g/mol. The van der Waals surface area contributed by atoms with Crippen LogP contribution in [-0.2, 0) is 4.79 Å². The van der Waals surface area contributed by atoms with Gasteiger partial charge in [0, 0.05) is 11.5 Å². The van der Waals surface area contributed by atoms with Gasteiger partial charge in [0.25, 0.3) is 0 Å². The van der Waals surface area contributed by atoms with Crippen LogP contribution in [0.1, 0.15) is 30.7 Å². The molecule has 0 aromatic heterocycles. The summed E-state index contributed by atoms with van der Waals surface area (Å²) in [5.41, 5.74) is 1.12. The van der Waals surface area contributed by atoms with Crippen molar-refractivity contribution in [2.24, 2.45) is 5.92 Å². The quantitative estimate of drug-likeness (QED) is 0.868. The number of carbonyl (C=O) groups is 1. The Balaban J connectivity index is 1.73. The number of hydrogen-bond acceptors (Lipinski definition) is 3. The molecule has 3 nitrogen and oxygen atoms in total. The van der Waals surface area contributed by atoms with Crippen LogP contribution in [0.3, 0.4) is 0 Å². The highest BCUT2D eigenvalue weighted by atomic mass is 32.2. The van der Waals surface area contributed by atoms with E-state index < -0.39 is 5.97 Å². The number of aliphatic carboxylic acids is 1. The normalized spacial score (nSPS) is 20.6. The van der Waals surface area contributed by atoms with Crippen molar-refractivity contribution in [2.75, 3.05) is 11.5 Å². The molecule has 1 heterocycles. The van der Waals surface area contributed by atoms with Crippen molar-refractivity contribution in [1.29, 1.82) is 0 Å². The fraction of sp³-hybridized carbons (Fsp3) is 0.533. The number of thioether (sulfide) groups is 1. The molecule has 1 unspecified atom stereocenters. The second kappa shape index (κ2) is 5.45. The third-order valence-electron chi connectivity index (χ3n) is 3.78. The first-order chi connectivity index (χ1) is 9.22. The van der Waals surface area contributed by atoms with Crippen molar-refractivity contribution in [2.45, 2.75) is 31.3 Å². The Morgan fingerprint density at radius 2 is 2.21 bits per heavy atom. The molecule has 0 bridgehead atoms. The molecule has 0 amide bonds. The van der Waals surface area contributed by atoms with E-state index in [-0.39, 0.29) is 12.3 Å². The second-order valence-corrected chi connectivity index (χ2v) is 6.47. The molecule has 3 rings (SSSR count). The minimum atomic E-state index is -0.710. The topological polar surface area (TPSA) is 46.5 Å². The zero-order chi connectivity index (χ0) is 13.2. The van der Waals surface area contributed by atoms with Crippen LogP contribution in [-0.4, -0.2) is 28.7 Å². The zero-order valence-corrected chi connectivity index (χ0v) is 11.6. The van der Waals surface area contributed by atoms with Gasteiger partial charge < -0.3 is 9.84 Å².